The van der Waals surface area contributed by atoms with Gasteiger partial charge in [0.25, 0.3) is 0 Å². The van der Waals surface area contributed by atoms with Gasteiger partial charge in [0, 0.05) is 23.1 Å². The molecule has 0 aliphatic carbocycles. The largest absolute Gasteiger partial charge is 0.356 e. The van der Waals surface area contributed by atoms with Gasteiger partial charge in [-0.05, 0) is 49.4 Å². The third-order valence-corrected chi connectivity index (χ3v) is 3.90. The maximum Gasteiger partial charge on any atom is 0.220 e. The zero-order valence-electron chi connectivity index (χ0n) is 12.2. The summed E-state index contributed by atoms with van der Waals surface area (Å²) in [6, 6.07) is 8.07. The number of hydrogen-bond donors (Lipinski definition) is 2. The average Bonchev–Trinajstić information content (AvgIpc) is 2.87. The van der Waals surface area contributed by atoms with Crippen molar-refractivity contribution in [3.63, 3.8) is 0 Å². The van der Waals surface area contributed by atoms with E-state index >= 15 is 0 Å². The Labute approximate surface area is 133 Å². The molecule has 0 atom stereocenters. The molecule has 0 aliphatic rings. The molecule has 0 radical (unpaired) electrons. The third kappa shape index (κ3) is 5.34. The van der Waals surface area contributed by atoms with E-state index in [-0.39, 0.29) is 5.91 Å². The number of benzene rings is 1. The van der Waals surface area contributed by atoms with E-state index < -0.39 is 0 Å². The second kappa shape index (κ2) is 7.98. The van der Waals surface area contributed by atoms with E-state index in [1.165, 1.54) is 11.1 Å². The fraction of sp³-hybridized carbons (Fsp3) is 0.375. The lowest BCUT2D eigenvalue weighted by Crippen LogP contribution is -2.25. The van der Waals surface area contributed by atoms with Gasteiger partial charge >= 0.3 is 0 Å². The van der Waals surface area contributed by atoms with Crippen molar-refractivity contribution in [3.8, 4) is 0 Å². The molecule has 0 unspecified atom stereocenters. The van der Waals surface area contributed by atoms with Gasteiger partial charge in [-0.1, -0.05) is 28.1 Å². The average molecular weight is 350 g/mol. The van der Waals surface area contributed by atoms with E-state index in [9.17, 15) is 4.79 Å². The maximum atomic E-state index is 11.8. The molecule has 4 nitrogen and oxygen atoms in total. The van der Waals surface area contributed by atoms with E-state index in [0.29, 0.717) is 13.0 Å². The van der Waals surface area contributed by atoms with Gasteiger partial charge in [0.05, 0.1) is 6.20 Å². The molecule has 112 valence electrons. The highest BCUT2D eigenvalue weighted by Crippen LogP contribution is 2.13. The minimum absolute atomic E-state index is 0.110. The van der Waals surface area contributed by atoms with Crippen molar-refractivity contribution in [1.29, 1.82) is 0 Å². The molecule has 2 N–H and O–H groups in total. The molecular formula is C16H20BrN3O. The first-order chi connectivity index (χ1) is 10.1. The molecule has 1 amide bonds. The molecule has 0 saturated heterocycles. The number of halogens is 1. The van der Waals surface area contributed by atoms with Gasteiger partial charge in [-0.2, -0.15) is 5.10 Å². The van der Waals surface area contributed by atoms with Gasteiger partial charge in [-0.3, -0.25) is 9.89 Å². The first-order valence-corrected chi connectivity index (χ1v) is 7.94. The summed E-state index contributed by atoms with van der Waals surface area (Å²) in [7, 11) is 0. The van der Waals surface area contributed by atoms with Crippen molar-refractivity contribution in [3.05, 3.63) is 51.8 Å². The number of aromatic nitrogens is 2. The Morgan fingerprint density at radius 3 is 2.95 bits per heavy atom. The number of nitrogens with zero attached hydrogens (tertiary/aromatic N) is 1. The molecule has 1 aromatic carbocycles. The van der Waals surface area contributed by atoms with Crippen molar-refractivity contribution < 1.29 is 4.79 Å². The molecule has 2 aromatic rings. The zero-order valence-corrected chi connectivity index (χ0v) is 13.7. The second-order valence-electron chi connectivity index (χ2n) is 5.10. The normalized spacial score (nSPS) is 10.6. The summed E-state index contributed by atoms with van der Waals surface area (Å²) < 4.78 is 1.05. The Bertz CT molecular complexity index is 595. The lowest BCUT2D eigenvalue weighted by atomic mass is 10.1. The van der Waals surface area contributed by atoms with Crippen LogP contribution in [-0.4, -0.2) is 22.6 Å². The summed E-state index contributed by atoms with van der Waals surface area (Å²) in [5, 5.41) is 9.88. The number of carbonyl (C=O) groups is 1. The van der Waals surface area contributed by atoms with Gasteiger partial charge in [0.1, 0.15) is 0 Å². The molecule has 5 heteroatoms. The summed E-state index contributed by atoms with van der Waals surface area (Å²) in [5.41, 5.74) is 3.50. The number of aromatic amines is 1. The van der Waals surface area contributed by atoms with Crippen LogP contribution < -0.4 is 5.32 Å². The lowest BCUT2D eigenvalue weighted by Gasteiger charge is -2.05. The molecule has 1 aromatic heterocycles. The molecule has 0 saturated carbocycles. The van der Waals surface area contributed by atoms with Crippen LogP contribution >= 0.6 is 15.9 Å². The predicted octanol–water partition coefficient (Wildman–Crippen LogP) is 3.16. The van der Waals surface area contributed by atoms with E-state index in [0.717, 1.165) is 29.4 Å². The van der Waals surface area contributed by atoms with Gasteiger partial charge < -0.3 is 5.32 Å². The first kappa shape index (κ1) is 15.8. The van der Waals surface area contributed by atoms with Crippen LogP contribution in [0.25, 0.3) is 0 Å². The van der Waals surface area contributed by atoms with E-state index in [2.05, 4.69) is 37.5 Å². The van der Waals surface area contributed by atoms with Crippen molar-refractivity contribution in [2.75, 3.05) is 6.54 Å². The summed E-state index contributed by atoms with van der Waals surface area (Å²) >= 11 is 3.44. The standard InChI is InChI=1S/C16H20BrN3O/c1-12-14(11-19-20-12)5-3-9-18-16(21)8-7-13-4-2-6-15(17)10-13/h2,4,6,10-11H,3,5,7-9H2,1H3,(H,18,21)(H,19,20). The number of rotatable bonds is 7. The lowest BCUT2D eigenvalue weighted by molar-refractivity contribution is -0.121. The van der Waals surface area contributed by atoms with Gasteiger partial charge in [-0.25, -0.2) is 0 Å². The van der Waals surface area contributed by atoms with Crippen molar-refractivity contribution in [2.24, 2.45) is 0 Å². The number of hydrogen-bond acceptors (Lipinski definition) is 2. The van der Waals surface area contributed by atoms with Crippen LogP contribution in [0, 0.1) is 6.92 Å². The Hall–Kier alpha value is -1.62. The summed E-state index contributed by atoms with van der Waals surface area (Å²) in [6.45, 7) is 2.72. The third-order valence-electron chi connectivity index (χ3n) is 3.41. The SMILES string of the molecule is Cc1[nH]ncc1CCCNC(=O)CCc1cccc(Br)c1. The van der Waals surface area contributed by atoms with Crippen LogP contribution in [0.1, 0.15) is 29.7 Å². The fourth-order valence-corrected chi connectivity index (χ4v) is 2.62. The molecule has 21 heavy (non-hydrogen) atoms. The zero-order chi connectivity index (χ0) is 15.1. The van der Waals surface area contributed by atoms with E-state index in [1.807, 2.05) is 31.3 Å². The topological polar surface area (TPSA) is 57.8 Å². The highest BCUT2D eigenvalue weighted by atomic mass is 79.9. The van der Waals surface area contributed by atoms with E-state index in [1.54, 1.807) is 0 Å². The molecule has 0 bridgehead atoms. The second-order valence-corrected chi connectivity index (χ2v) is 6.02. The Balaban J connectivity index is 1.63. The molecule has 0 aliphatic heterocycles. The van der Waals surface area contributed by atoms with Crippen molar-refractivity contribution in [2.45, 2.75) is 32.6 Å². The monoisotopic (exact) mass is 349 g/mol. The maximum absolute atomic E-state index is 11.8. The van der Waals surface area contributed by atoms with Crippen LogP contribution in [0.2, 0.25) is 0 Å². The number of amides is 1. The Morgan fingerprint density at radius 1 is 1.38 bits per heavy atom. The highest BCUT2D eigenvalue weighted by Gasteiger charge is 2.03. The number of nitrogens with one attached hydrogen (secondary N) is 2. The van der Waals surface area contributed by atoms with Crippen LogP contribution in [0.4, 0.5) is 0 Å². The smallest absolute Gasteiger partial charge is 0.220 e. The summed E-state index contributed by atoms with van der Waals surface area (Å²) in [4.78, 5) is 11.8. The van der Waals surface area contributed by atoms with Crippen molar-refractivity contribution >= 4 is 21.8 Å². The van der Waals surface area contributed by atoms with Crippen LogP contribution in [0.3, 0.4) is 0 Å². The molecule has 2 rings (SSSR count). The van der Waals surface area contributed by atoms with Crippen LogP contribution in [0.5, 0.6) is 0 Å². The first-order valence-electron chi connectivity index (χ1n) is 7.15. The van der Waals surface area contributed by atoms with Crippen LogP contribution in [-0.2, 0) is 17.6 Å². The van der Waals surface area contributed by atoms with Crippen molar-refractivity contribution in [1.82, 2.24) is 15.5 Å². The predicted molar refractivity (Wildman–Crippen MR) is 87.1 cm³/mol. The van der Waals surface area contributed by atoms with Gasteiger partial charge in [0.2, 0.25) is 5.91 Å². The molecule has 1 heterocycles. The summed E-state index contributed by atoms with van der Waals surface area (Å²) in [5.74, 6) is 0.110. The quantitative estimate of drug-likeness (QED) is 0.754. The fourth-order valence-electron chi connectivity index (χ4n) is 2.17. The Kier molecular flexibility index (Phi) is 5.99. The van der Waals surface area contributed by atoms with Crippen LogP contribution in [0.15, 0.2) is 34.9 Å². The number of carbonyl (C=O) groups excluding carboxylic acids is 1. The minimum atomic E-state index is 0.110. The Morgan fingerprint density at radius 2 is 2.24 bits per heavy atom. The van der Waals surface area contributed by atoms with E-state index in [4.69, 9.17) is 0 Å². The minimum Gasteiger partial charge on any atom is -0.356 e. The molecule has 0 fully saturated rings. The highest BCUT2D eigenvalue weighted by molar-refractivity contribution is 9.10. The summed E-state index contributed by atoms with van der Waals surface area (Å²) in [6.07, 6.45) is 5.02. The molecule has 0 spiro atoms. The van der Waals surface area contributed by atoms with Gasteiger partial charge in [0.15, 0.2) is 0 Å². The number of H-pyrrole nitrogens is 1. The van der Waals surface area contributed by atoms with Gasteiger partial charge in [-0.15, -0.1) is 0 Å². The molecular weight excluding hydrogens is 330 g/mol. The number of aryl methyl sites for hydroxylation is 3.